The van der Waals surface area contributed by atoms with Crippen LogP contribution in [0.3, 0.4) is 0 Å². The molecular formula is C19H37O. The second-order valence-corrected chi connectivity index (χ2v) is 6.66. The first-order chi connectivity index (χ1) is 9.83. The molecule has 0 spiro atoms. The van der Waals surface area contributed by atoms with E-state index in [1.54, 1.807) is 0 Å². The van der Waals surface area contributed by atoms with Gasteiger partial charge in [0.1, 0.15) is 0 Å². The molecule has 0 aromatic heterocycles. The fourth-order valence-electron chi connectivity index (χ4n) is 3.10. The normalized spacial score (nSPS) is 19.2. The van der Waals surface area contributed by atoms with Crippen molar-refractivity contribution >= 4 is 0 Å². The molecule has 0 bridgehead atoms. The molecule has 0 N–H and O–H groups in total. The fraction of sp³-hybridized carbons (Fsp3) is 0.947. The van der Waals surface area contributed by atoms with E-state index in [4.69, 9.17) is 4.74 Å². The molecule has 1 atom stereocenters. The molecule has 1 heterocycles. The zero-order chi connectivity index (χ0) is 14.5. The van der Waals surface area contributed by atoms with E-state index in [1.807, 2.05) is 0 Å². The van der Waals surface area contributed by atoms with E-state index in [9.17, 15) is 0 Å². The van der Waals surface area contributed by atoms with Crippen LogP contribution in [-0.4, -0.2) is 6.10 Å². The minimum Gasteiger partial charge on any atom is -0.369 e. The lowest BCUT2D eigenvalue weighted by Crippen LogP contribution is -2.27. The Labute approximate surface area is 127 Å². The van der Waals surface area contributed by atoms with Gasteiger partial charge in [-0.25, -0.2) is 0 Å². The Morgan fingerprint density at radius 2 is 1.15 bits per heavy atom. The molecule has 0 saturated carbocycles. The van der Waals surface area contributed by atoms with Crippen LogP contribution in [0, 0.1) is 6.10 Å². The Morgan fingerprint density at radius 3 is 1.55 bits per heavy atom. The highest BCUT2D eigenvalue weighted by molar-refractivity contribution is 4.90. The van der Waals surface area contributed by atoms with Gasteiger partial charge in [0.25, 0.3) is 0 Å². The first-order valence-electron chi connectivity index (χ1n) is 9.34. The molecule has 0 aromatic rings. The van der Waals surface area contributed by atoms with Gasteiger partial charge in [-0.3, -0.25) is 0 Å². The van der Waals surface area contributed by atoms with Crippen molar-refractivity contribution in [2.45, 2.75) is 116 Å². The van der Waals surface area contributed by atoms with Gasteiger partial charge in [0.05, 0.1) is 12.2 Å². The van der Waals surface area contributed by atoms with Gasteiger partial charge in [-0.1, -0.05) is 90.4 Å². The maximum Gasteiger partial charge on any atom is 0.1000 e. The molecule has 1 rings (SSSR count). The zero-order valence-corrected chi connectivity index (χ0v) is 14.1. The monoisotopic (exact) mass is 281 g/mol. The Morgan fingerprint density at radius 1 is 0.750 bits per heavy atom. The number of hydrogen-bond acceptors (Lipinski definition) is 1. The van der Waals surface area contributed by atoms with E-state index in [2.05, 4.69) is 13.8 Å². The highest BCUT2D eigenvalue weighted by Gasteiger charge is 2.26. The molecule has 1 radical (unpaired) electrons. The summed E-state index contributed by atoms with van der Waals surface area (Å²) in [7, 11) is 0. The van der Waals surface area contributed by atoms with Gasteiger partial charge in [-0.15, -0.1) is 0 Å². The van der Waals surface area contributed by atoms with E-state index >= 15 is 0 Å². The Bertz CT molecular complexity index is 196. The summed E-state index contributed by atoms with van der Waals surface area (Å²) in [5.41, 5.74) is 0. The van der Waals surface area contributed by atoms with E-state index in [0.29, 0.717) is 6.10 Å². The van der Waals surface area contributed by atoms with Crippen molar-refractivity contribution in [2.24, 2.45) is 0 Å². The topological polar surface area (TPSA) is 9.23 Å². The molecule has 1 aliphatic heterocycles. The van der Waals surface area contributed by atoms with Gasteiger partial charge in [0, 0.05) is 6.42 Å². The van der Waals surface area contributed by atoms with E-state index in [1.165, 1.54) is 102 Å². The minimum atomic E-state index is 0.506. The summed E-state index contributed by atoms with van der Waals surface area (Å²) < 4.78 is 5.56. The SMILES string of the molecule is CCCCCCCCCCCCCCC[C]1CC(C)O1. The van der Waals surface area contributed by atoms with Crippen LogP contribution in [-0.2, 0) is 4.74 Å². The molecule has 1 aliphatic rings. The van der Waals surface area contributed by atoms with Crippen LogP contribution in [0.25, 0.3) is 0 Å². The van der Waals surface area contributed by atoms with Crippen LogP contribution in [0.2, 0.25) is 0 Å². The van der Waals surface area contributed by atoms with Crippen molar-refractivity contribution in [2.75, 3.05) is 0 Å². The second kappa shape index (κ2) is 12.7. The zero-order valence-electron chi connectivity index (χ0n) is 14.1. The molecule has 1 nitrogen and oxygen atoms in total. The lowest BCUT2D eigenvalue weighted by atomic mass is 9.99. The third-order valence-electron chi connectivity index (χ3n) is 4.44. The largest absolute Gasteiger partial charge is 0.369 e. The van der Waals surface area contributed by atoms with Crippen molar-refractivity contribution < 1.29 is 4.74 Å². The van der Waals surface area contributed by atoms with Crippen LogP contribution in [0.15, 0.2) is 0 Å². The van der Waals surface area contributed by atoms with E-state index < -0.39 is 0 Å². The quantitative estimate of drug-likeness (QED) is 0.318. The van der Waals surface area contributed by atoms with Crippen LogP contribution >= 0.6 is 0 Å². The Balaban J connectivity index is 1.64. The number of ether oxygens (including phenoxy) is 1. The predicted molar refractivity (Wildman–Crippen MR) is 88.7 cm³/mol. The van der Waals surface area contributed by atoms with E-state index in [-0.39, 0.29) is 0 Å². The number of rotatable bonds is 14. The summed E-state index contributed by atoms with van der Waals surface area (Å²) in [5, 5.41) is 0. The standard InChI is InChI=1S/C19H37O/c1-3-4-5-6-7-8-9-10-11-12-13-14-15-16-19-17-18(2)20-19/h18H,3-17H2,1-2H3. The Kier molecular flexibility index (Phi) is 11.4. The van der Waals surface area contributed by atoms with Crippen molar-refractivity contribution in [3.8, 4) is 0 Å². The maximum atomic E-state index is 5.56. The van der Waals surface area contributed by atoms with Crippen LogP contribution in [0.1, 0.15) is 110 Å². The summed E-state index contributed by atoms with van der Waals surface area (Å²) in [4.78, 5) is 0. The van der Waals surface area contributed by atoms with E-state index in [0.717, 1.165) is 0 Å². The third-order valence-corrected chi connectivity index (χ3v) is 4.44. The molecule has 20 heavy (non-hydrogen) atoms. The molecule has 1 fully saturated rings. The number of unbranched alkanes of at least 4 members (excludes halogenated alkanes) is 12. The average molecular weight is 282 g/mol. The van der Waals surface area contributed by atoms with Gasteiger partial charge in [-0.05, 0) is 13.3 Å². The molecule has 1 heteroatoms. The Hall–Kier alpha value is -0.0400. The first kappa shape index (κ1) is 18.0. The van der Waals surface area contributed by atoms with Crippen LogP contribution < -0.4 is 0 Å². The molecule has 1 saturated heterocycles. The summed E-state index contributed by atoms with van der Waals surface area (Å²) >= 11 is 0. The minimum absolute atomic E-state index is 0.506. The summed E-state index contributed by atoms with van der Waals surface area (Å²) in [5.74, 6) is 0. The molecule has 0 aliphatic carbocycles. The van der Waals surface area contributed by atoms with Crippen molar-refractivity contribution in [3.63, 3.8) is 0 Å². The second-order valence-electron chi connectivity index (χ2n) is 6.66. The summed E-state index contributed by atoms with van der Waals surface area (Å²) in [6.07, 6.45) is 23.0. The van der Waals surface area contributed by atoms with Gasteiger partial charge in [0.2, 0.25) is 0 Å². The molecular weight excluding hydrogens is 244 g/mol. The highest BCUT2D eigenvalue weighted by Crippen LogP contribution is 2.31. The molecule has 1 unspecified atom stereocenters. The first-order valence-corrected chi connectivity index (χ1v) is 9.34. The highest BCUT2D eigenvalue weighted by atomic mass is 16.5. The molecule has 0 aromatic carbocycles. The molecule has 0 amide bonds. The van der Waals surface area contributed by atoms with Crippen LogP contribution in [0.5, 0.6) is 0 Å². The van der Waals surface area contributed by atoms with Crippen LogP contribution in [0.4, 0.5) is 0 Å². The predicted octanol–water partition coefficient (Wildman–Crippen LogP) is 6.81. The third kappa shape index (κ3) is 9.80. The lowest BCUT2D eigenvalue weighted by Gasteiger charge is -2.32. The van der Waals surface area contributed by atoms with Crippen molar-refractivity contribution in [1.29, 1.82) is 0 Å². The van der Waals surface area contributed by atoms with Crippen molar-refractivity contribution in [1.82, 2.24) is 0 Å². The average Bonchev–Trinajstić information content (AvgIpc) is 2.41. The maximum absolute atomic E-state index is 5.56. The summed E-state index contributed by atoms with van der Waals surface area (Å²) in [6.45, 7) is 4.45. The smallest absolute Gasteiger partial charge is 0.1000 e. The molecule has 119 valence electrons. The lowest BCUT2D eigenvalue weighted by molar-refractivity contribution is -0.0368. The fourth-order valence-corrected chi connectivity index (χ4v) is 3.10. The van der Waals surface area contributed by atoms with Gasteiger partial charge in [0.15, 0.2) is 0 Å². The summed E-state index contributed by atoms with van der Waals surface area (Å²) in [6, 6.07) is 0. The van der Waals surface area contributed by atoms with Gasteiger partial charge in [-0.2, -0.15) is 0 Å². The van der Waals surface area contributed by atoms with Gasteiger partial charge < -0.3 is 4.74 Å². The van der Waals surface area contributed by atoms with Gasteiger partial charge >= 0.3 is 0 Å². The number of hydrogen-bond donors (Lipinski definition) is 0. The van der Waals surface area contributed by atoms with Crippen molar-refractivity contribution in [3.05, 3.63) is 6.10 Å².